The Balaban J connectivity index is 2.41. The van der Waals surface area contributed by atoms with E-state index >= 15 is 0 Å². The lowest BCUT2D eigenvalue weighted by Crippen LogP contribution is -2.34. The van der Waals surface area contributed by atoms with Crippen LogP contribution in [-0.4, -0.2) is 28.4 Å². The van der Waals surface area contributed by atoms with E-state index in [1.165, 1.54) is 6.07 Å². The molecule has 138 valence electrons. The summed E-state index contributed by atoms with van der Waals surface area (Å²) in [6, 6.07) is 8.78. The van der Waals surface area contributed by atoms with Gasteiger partial charge in [-0.05, 0) is 25.1 Å². The number of aliphatic carboxylic acids is 1. The molecule has 0 saturated heterocycles. The van der Waals surface area contributed by atoms with Crippen molar-refractivity contribution in [2.75, 3.05) is 5.33 Å². The average molecular weight is 445 g/mol. The fourth-order valence-electron chi connectivity index (χ4n) is 2.20. The number of alkyl halides is 1. The normalized spacial score (nSPS) is 12.9. The van der Waals surface area contributed by atoms with E-state index in [1.54, 1.807) is 37.3 Å². The minimum absolute atomic E-state index is 0.0310. The highest BCUT2D eigenvalue weighted by atomic mass is 79.9. The van der Waals surface area contributed by atoms with E-state index in [-0.39, 0.29) is 28.0 Å². The molecule has 1 unspecified atom stereocenters. The highest BCUT2D eigenvalue weighted by Gasteiger charge is 2.28. The second-order valence-electron chi connectivity index (χ2n) is 5.50. The van der Waals surface area contributed by atoms with Crippen molar-refractivity contribution in [3.63, 3.8) is 0 Å². The molecular formula is C18H16BrClFNO4. The van der Waals surface area contributed by atoms with Crippen molar-refractivity contribution in [2.24, 2.45) is 0 Å². The van der Waals surface area contributed by atoms with Gasteiger partial charge in [0.25, 0.3) is 5.91 Å². The largest absolute Gasteiger partial charge is 0.489 e. The molecule has 0 heterocycles. The molecule has 8 heteroatoms. The Bertz CT molecular complexity index is 803. The molecule has 0 aliphatic carbocycles. The van der Waals surface area contributed by atoms with Crippen molar-refractivity contribution >= 4 is 39.4 Å². The van der Waals surface area contributed by atoms with E-state index in [4.69, 9.17) is 16.3 Å². The third kappa shape index (κ3) is 4.95. The Morgan fingerprint density at radius 2 is 1.96 bits per heavy atom. The van der Waals surface area contributed by atoms with Gasteiger partial charge in [0.15, 0.2) is 6.04 Å². The SMILES string of the molecule is C[C@H](CBr)Oc1cc(Cl)c(F)cc1C(NC(=O)c1ccccc1)C(=O)O. The molecule has 5 nitrogen and oxygen atoms in total. The molecule has 0 aliphatic rings. The van der Waals surface area contributed by atoms with Gasteiger partial charge < -0.3 is 15.2 Å². The van der Waals surface area contributed by atoms with Crippen molar-refractivity contribution in [3.05, 3.63) is 64.4 Å². The van der Waals surface area contributed by atoms with Gasteiger partial charge in [-0.2, -0.15) is 0 Å². The highest BCUT2D eigenvalue weighted by molar-refractivity contribution is 9.09. The maximum atomic E-state index is 14.0. The van der Waals surface area contributed by atoms with Crippen LogP contribution in [0.25, 0.3) is 0 Å². The van der Waals surface area contributed by atoms with Crippen LogP contribution in [0.2, 0.25) is 5.02 Å². The zero-order chi connectivity index (χ0) is 19.3. The molecule has 0 saturated carbocycles. The second kappa shape index (κ2) is 9.00. The lowest BCUT2D eigenvalue weighted by molar-refractivity contribution is -0.139. The molecule has 0 aromatic heterocycles. The highest BCUT2D eigenvalue weighted by Crippen LogP contribution is 2.32. The maximum absolute atomic E-state index is 14.0. The number of ether oxygens (including phenoxy) is 1. The molecule has 0 spiro atoms. The third-order valence-electron chi connectivity index (χ3n) is 3.47. The summed E-state index contributed by atoms with van der Waals surface area (Å²) in [5.74, 6) is -2.68. The Labute approximate surface area is 163 Å². The van der Waals surface area contributed by atoms with E-state index in [0.29, 0.717) is 5.33 Å². The Morgan fingerprint density at radius 3 is 2.54 bits per heavy atom. The van der Waals surface area contributed by atoms with Crippen LogP contribution in [0.4, 0.5) is 4.39 Å². The van der Waals surface area contributed by atoms with Gasteiger partial charge in [-0.25, -0.2) is 9.18 Å². The number of carboxylic acid groups (broad SMARTS) is 1. The van der Waals surface area contributed by atoms with Crippen LogP contribution in [0.3, 0.4) is 0 Å². The molecule has 0 bridgehead atoms. The second-order valence-corrected chi connectivity index (χ2v) is 6.55. The number of amides is 1. The van der Waals surface area contributed by atoms with E-state index in [9.17, 15) is 19.1 Å². The Hall–Kier alpha value is -2.12. The van der Waals surface area contributed by atoms with Crippen LogP contribution in [-0.2, 0) is 4.79 Å². The first-order valence-electron chi connectivity index (χ1n) is 7.63. The predicted molar refractivity (Wildman–Crippen MR) is 99.6 cm³/mol. The van der Waals surface area contributed by atoms with Crippen molar-refractivity contribution in [1.29, 1.82) is 0 Å². The van der Waals surface area contributed by atoms with Gasteiger partial charge in [0, 0.05) is 22.5 Å². The smallest absolute Gasteiger partial charge is 0.331 e. The summed E-state index contributed by atoms with van der Waals surface area (Å²) in [5.41, 5.74) is 0.251. The number of carbonyl (C=O) groups excluding carboxylic acids is 1. The molecule has 1 amide bonds. The van der Waals surface area contributed by atoms with Gasteiger partial charge in [0.05, 0.1) is 5.02 Å². The number of nitrogens with one attached hydrogen (secondary N) is 1. The number of hydrogen-bond donors (Lipinski definition) is 2. The summed E-state index contributed by atoms with van der Waals surface area (Å²) in [6.45, 7) is 1.74. The minimum Gasteiger partial charge on any atom is -0.489 e. The van der Waals surface area contributed by atoms with E-state index in [1.807, 2.05) is 0 Å². The van der Waals surface area contributed by atoms with E-state index < -0.39 is 23.7 Å². The molecule has 0 radical (unpaired) electrons. The monoisotopic (exact) mass is 443 g/mol. The summed E-state index contributed by atoms with van der Waals surface area (Å²) >= 11 is 9.05. The number of halogens is 3. The predicted octanol–water partition coefficient (Wildman–Crippen LogP) is 4.20. The van der Waals surface area contributed by atoms with Crippen LogP contribution in [0, 0.1) is 5.82 Å². The van der Waals surface area contributed by atoms with Crippen LogP contribution in [0.5, 0.6) is 5.75 Å². The summed E-state index contributed by atoms with van der Waals surface area (Å²) in [4.78, 5) is 24.1. The van der Waals surface area contributed by atoms with E-state index in [2.05, 4.69) is 21.2 Å². The van der Waals surface area contributed by atoms with Crippen LogP contribution in [0.1, 0.15) is 28.9 Å². The number of rotatable bonds is 7. The van der Waals surface area contributed by atoms with Gasteiger partial charge in [-0.15, -0.1) is 0 Å². The summed E-state index contributed by atoms with van der Waals surface area (Å²) < 4.78 is 19.6. The van der Waals surface area contributed by atoms with Crippen molar-refractivity contribution in [3.8, 4) is 5.75 Å². The average Bonchev–Trinajstić information content (AvgIpc) is 2.63. The lowest BCUT2D eigenvalue weighted by Gasteiger charge is -2.21. The van der Waals surface area contributed by atoms with Gasteiger partial charge in [0.2, 0.25) is 0 Å². The quantitative estimate of drug-likeness (QED) is 0.628. The van der Waals surface area contributed by atoms with Gasteiger partial charge >= 0.3 is 5.97 Å². The number of benzene rings is 2. The Kier molecular flexibility index (Phi) is 6.99. The fraction of sp³-hybridized carbons (Fsp3) is 0.222. The molecular weight excluding hydrogens is 429 g/mol. The number of carboxylic acids is 1. The number of hydrogen-bond acceptors (Lipinski definition) is 3. The summed E-state index contributed by atoms with van der Waals surface area (Å²) in [5, 5.41) is 12.2. The summed E-state index contributed by atoms with van der Waals surface area (Å²) in [7, 11) is 0. The molecule has 2 atom stereocenters. The first kappa shape index (κ1) is 20.2. The Morgan fingerprint density at radius 1 is 1.31 bits per heavy atom. The van der Waals surface area contributed by atoms with Gasteiger partial charge in [-0.3, -0.25) is 4.79 Å². The minimum atomic E-state index is -1.51. The van der Waals surface area contributed by atoms with Gasteiger partial charge in [0.1, 0.15) is 17.7 Å². The van der Waals surface area contributed by atoms with Crippen molar-refractivity contribution in [1.82, 2.24) is 5.32 Å². The van der Waals surface area contributed by atoms with Crippen LogP contribution < -0.4 is 10.1 Å². The standard InChI is InChI=1S/C18H16BrClFNO4/c1-10(9-19)26-15-8-13(20)14(21)7-12(15)16(18(24)25)22-17(23)11-5-3-2-4-6-11/h2-8,10,16H,9H2,1H3,(H,22,23)(H,24,25)/t10-,16?/m1/s1. The zero-order valence-corrected chi connectivity index (χ0v) is 16.1. The van der Waals surface area contributed by atoms with Crippen LogP contribution in [0.15, 0.2) is 42.5 Å². The third-order valence-corrected chi connectivity index (χ3v) is 4.67. The molecule has 2 rings (SSSR count). The molecule has 2 aromatic rings. The summed E-state index contributed by atoms with van der Waals surface area (Å²) in [6.07, 6.45) is -0.324. The number of carbonyl (C=O) groups is 2. The molecule has 2 aromatic carbocycles. The van der Waals surface area contributed by atoms with Crippen molar-refractivity contribution in [2.45, 2.75) is 19.1 Å². The maximum Gasteiger partial charge on any atom is 0.331 e. The van der Waals surface area contributed by atoms with Gasteiger partial charge in [-0.1, -0.05) is 45.7 Å². The molecule has 26 heavy (non-hydrogen) atoms. The topological polar surface area (TPSA) is 75.6 Å². The molecule has 0 fully saturated rings. The zero-order valence-electron chi connectivity index (χ0n) is 13.7. The first-order chi connectivity index (χ1) is 12.3. The molecule has 0 aliphatic heterocycles. The lowest BCUT2D eigenvalue weighted by atomic mass is 10.0. The fourth-order valence-corrected chi connectivity index (χ4v) is 2.48. The van der Waals surface area contributed by atoms with E-state index in [0.717, 1.165) is 6.07 Å². The van der Waals surface area contributed by atoms with Crippen LogP contribution >= 0.6 is 27.5 Å². The molecule has 2 N–H and O–H groups in total. The first-order valence-corrected chi connectivity index (χ1v) is 9.13. The van der Waals surface area contributed by atoms with Crippen molar-refractivity contribution < 1.29 is 23.8 Å².